The average Bonchev–Trinajstić information content (AvgIpc) is 2.90. The minimum atomic E-state index is -4.43. The first kappa shape index (κ1) is 33.2. The second-order valence-corrected chi connectivity index (χ2v) is 12.2. The summed E-state index contributed by atoms with van der Waals surface area (Å²) >= 11 is 16.5. The lowest BCUT2D eigenvalue weighted by Crippen LogP contribution is -2.35. The lowest BCUT2D eigenvalue weighted by atomic mass is 9.99. The molecule has 0 fully saturated rings. The van der Waals surface area contributed by atoms with Crippen molar-refractivity contribution in [2.75, 3.05) is 0 Å². The smallest absolute Gasteiger partial charge is 0.416 e. The second kappa shape index (κ2) is 14.3. The van der Waals surface area contributed by atoms with Crippen LogP contribution in [0.2, 0.25) is 10.0 Å². The standard InChI is InChI=1S/C31H32BrCl2F3O4/c1-5-24(29(38)41-30(2,3)4)40-26-17-11-21(27(33)28(26)34)10-16-25(39-18-19-6-14-23(32)15-7-19)20-8-12-22(13-9-20)31(35,36)37/h6-9,11-15,17,24-25H,5,10,16,18H2,1-4H3. The van der Waals surface area contributed by atoms with Crippen LogP contribution >= 0.6 is 39.1 Å². The molecule has 2 unspecified atom stereocenters. The van der Waals surface area contributed by atoms with E-state index in [4.69, 9.17) is 37.4 Å². The Bertz CT molecular complexity index is 1310. The van der Waals surface area contributed by atoms with Crippen LogP contribution in [0.15, 0.2) is 65.1 Å². The predicted octanol–water partition coefficient (Wildman–Crippen LogP) is 10.2. The quantitative estimate of drug-likeness (QED) is 0.190. The SMILES string of the molecule is CCC(Oc1ccc(CCC(OCc2ccc(Br)cc2)c2ccc(C(F)(F)F)cc2)c(Cl)c1Cl)C(=O)OC(C)(C)C. The van der Waals surface area contributed by atoms with Crippen molar-refractivity contribution in [2.24, 2.45) is 0 Å². The molecule has 41 heavy (non-hydrogen) atoms. The summed E-state index contributed by atoms with van der Waals surface area (Å²) < 4.78 is 57.8. The largest absolute Gasteiger partial charge is 0.477 e. The summed E-state index contributed by atoms with van der Waals surface area (Å²) in [5.74, 6) is -0.248. The molecule has 4 nitrogen and oxygen atoms in total. The number of hydrogen-bond donors (Lipinski definition) is 0. The van der Waals surface area contributed by atoms with Crippen LogP contribution in [0, 0.1) is 0 Å². The van der Waals surface area contributed by atoms with Gasteiger partial charge >= 0.3 is 12.1 Å². The zero-order chi connectivity index (χ0) is 30.4. The van der Waals surface area contributed by atoms with Gasteiger partial charge in [0.15, 0.2) is 6.10 Å². The molecule has 0 heterocycles. The molecule has 0 amide bonds. The van der Waals surface area contributed by atoms with E-state index in [1.807, 2.05) is 24.3 Å². The lowest BCUT2D eigenvalue weighted by molar-refractivity contribution is -0.163. The number of ether oxygens (including phenoxy) is 3. The van der Waals surface area contributed by atoms with Gasteiger partial charge in [0.1, 0.15) is 16.4 Å². The van der Waals surface area contributed by atoms with Gasteiger partial charge in [0.2, 0.25) is 0 Å². The number of benzene rings is 3. The van der Waals surface area contributed by atoms with Crippen molar-refractivity contribution >= 4 is 45.1 Å². The van der Waals surface area contributed by atoms with E-state index in [2.05, 4.69) is 15.9 Å². The average molecular weight is 676 g/mol. The van der Waals surface area contributed by atoms with Crippen LogP contribution in [0.3, 0.4) is 0 Å². The Kier molecular flexibility index (Phi) is 11.6. The number of carbonyl (C=O) groups excluding carboxylic acids is 1. The van der Waals surface area contributed by atoms with Crippen molar-refractivity contribution in [3.63, 3.8) is 0 Å². The first-order valence-electron chi connectivity index (χ1n) is 13.1. The van der Waals surface area contributed by atoms with Crippen molar-refractivity contribution < 1.29 is 32.2 Å². The predicted molar refractivity (Wildman–Crippen MR) is 158 cm³/mol. The molecule has 0 N–H and O–H groups in total. The first-order valence-corrected chi connectivity index (χ1v) is 14.6. The summed E-state index contributed by atoms with van der Waals surface area (Å²) in [5, 5.41) is 0.426. The molecular formula is C31H32BrCl2F3O4. The van der Waals surface area contributed by atoms with Crippen molar-refractivity contribution in [2.45, 2.75) is 77.5 Å². The van der Waals surface area contributed by atoms with Crippen molar-refractivity contribution in [3.8, 4) is 5.75 Å². The Balaban J connectivity index is 1.77. The molecule has 0 saturated carbocycles. The summed E-state index contributed by atoms with van der Waals surface area (Å²) in [6.07, 6.45) is -4.58. The Labute approximate surface area is 257 Å². The van der Waals surface area contributed by atoms with Gasteiger partial charge in [-0.05, 0) is 87.1 Å². The fraction of sp³-hybridized carbons (Fsp3) is 0.387. The fourth-order valence-electron chi connectivity index (χ4n) is 3.97. The van der Waals surface area contributed by atoms with Crippen LogP contribution in [-0.4, -0.2) is 17.7 Å². The van der Waals surface area contributed by atoms with Gasteiger partial charge in [-0.1, -0.05) is 76.4 Å². The van der Waals surface area contributed by atoms with Gasteiger partial charge in [-0.3, -0.25) is 0 Å². The molecule has 3 aromatic carbocycles. The maximum atomic E-state index is 13.1. The summed E-state index contributed by atoms with van der Waals surface area (Å²) in [6, 6.07) is 16.0. The van der Waals surface area contributed by atoms with E-state index in [1.54, 1.807) is 39.8 Å². The van der Waals surface area contributed by atoms with Crippen LogP contribution in [-0.2, 0) is 33.5 Å². The number of alkyl halides is 3. The van der Waals surface area contributed by atoms with Crippen LogP contribution < -0.4 is 4.74 Å². The van der Waals surface area contributed by atoms with Crippen LogP contribution in [0.5, 0.6) is 5.75 Å². The van der Waals surface area contributed by atoms with Gasteiger partial charge in [0, 0.05) is 4.47 Å². The van der Waals surface area contributed by atoms with Gasteiger partial charge in [-0.2, -0.15) is 13.2 Å². The topological polar surface area (TPSA) is 44.8 Å². The molecule has 3 aromatic rings. The van der Waals surface area contributed by atoms with Gasteiger partial charge in [-0.25, -0.2) is 4.79 Å². The van der Waals surface area contributed by atoms with Gasteiger partial charge < -0.3 is 14.2 Å². The normalized spacial score (nSPS) is 13.5. The Morgan fingerprint density at radius 3 is 2.12 bits per heavy atom. The molecule has 222 valence electrons. The zero-order valence-electron chi connectivity index (χ0n) is 23.2. The highest BCUT2D eigenvalue weighted by atomic mass is 79.9. The number of aryl methyl sites for hydroxylation is 1. The third kappa shape index (κ3) is 9.91. The highest BCUT2D eigenvalue weighted by Gasteiger charge is 2.30. The van der Waals surface area contributed by atoms with Crippen molar-refractivity contribution in [3.05, 3.63) is 97.4 Å². The van der Waals surface area contributed by atoms with Gasteiger partial charge in [0.05, 0.1) is 23.3 Å². The highest BCUT2D eigenvalue weighted by molar-refractivity contribution is 9.10. The first-order chi connectivity index (χ1) is 19.2. The van der Waals surface area contributed by atoms with Crippen LogP contribution in [0.4, 0.5) is 13.2 Å². The molecule has 10 heteroatoms. The molecule has 0 spiro atoms. The van der Waals surface area contributed by atoms with E-state index in [9.17, 15) is 18.0 Å². The number of halogens is 6. The van der Waals surface area contributed by atoms with Gasteiger partial charge in [-0.15, -0.1) is 0 Å². The molecule has 0 aromatic heterocycles. The maximum Gasteiger partial charge on any atom is 0.416 e. The molecule has 3 rings (SSSR count). The highest BCUT2D eigenvalue weighted by Crippen LogP contribution is 2.38. The second-order valence-electron chi connectivity index (χ2n) is 10.5. The van der Waals surface area contributed by atoms with E-state index in [0.29, 0.717) is 30.4 Å². The summed E-state index contributed by atoms with van der Waals surface area (Å²) in [5.41, 5.74) is 0.847. The minimum absolute atomic E-state index is 0.160. The van der Waals surface area contributed by atoms with Crippen molar-refractivity contribution in [1.82, 2.24) is 0 Å². The van der Waals surface area contributed by atoms with E-state index in [0.717, 1.165) is 22.2 Å². The third-order valence-corrected chi connectivity index (χ3v) is 7.52. The molecule has 0 saturated heterocycles. The van der Waals surface area contributed by atoms with E-state index >= 15 is 0 Å². The molecule has 0 aliphatic carbocycles. The van der Waals surface area contributed by atoms with Crippen molar-refractivity contribution in [1.29, 1.82) is 0 Å². The fourth-order valence-corrected chi connectivity index (χ4v) is 4.72. The maximum absolute atomic E-state index is 13.1. The van der Waals surface area contributed by atoms with E-state index in [1.165, 1.54) is 12.1 Å². The minimum Gasteiger partial charge on any atom is -0.477 e. The lowest BCUT2D eigenvalue weighted by Gasteiger charge is -2.24. The Morgan fingerprint density at radius 1 is 0.927 bits per heavy atom. The van der Waals surface area contributed by atoms with E-state index < -0.39 is 35.5 Å². The number of esters is 1. The van der Waals surface area contributed by atoms with Crippen LogP contribution in [0.25, 0.3) is 0 Å². The molecule has 0 bridgehead atoms. The Hall–Kier alpha value is -2.26. The number of rotatable bonds is 11. The molecule has 2 atom stereocenters. The molecule has 0 aliphatic heterocycles. The number of hydrogen-bond acceptors (Lipinski definition) is 4. The number of carbonyl (C=O) groups is 1. The zero-order valence-corrected chi connectivity index (χ0v) is 26.3. The molecular weight excluding hydrogens is 644 g/mol. The summed E-state index contributed by atoms with van der Waals surface area (Å²) in [4.78, 5) is 12.5. The monoisotopic (exact) mass is 674 g/mol. The third-order valence-electron chi connectivity index (χ3n) is 6.09. The summed E-state index contributed by atoms with van der Waals surface area (Å²) in [7, 11) is 0. The molecule has 0 radical (unpaired) electrons. The van der Waals surface area contributed by atoms with Gasteiger partial charge in [0.25, 0.3) is 0 Å². The van der Waals surface area contributed by atoms with E-state index in [-0.39, 0.29) is 22.4 Å². The van der Waals surface area contributed by atoms with Crippen LogP contribution in [0.1, 0.15) is 68.9 Å². The molecule has 0 aliphatic rings. The Morgan fingerprint density at radius 2 is 1.56 bits per heavy atom. The summed E-state index contributed by atoms with van der Waals surface area (Å²) in [6.45, 7) is 7.39.